The van der Waals surface area contributed by atoms with E-state index >= 15 is 0 Å². The molecule has 3 rings (SSSR count). The van der Waals surface area contributed by atoms with Crippen LogP contribution in [0.25, 0.3) is 11.3 Å². The van der Waals surface area contributed by atoms with Gasteiger partial charge in [-0.1, -0.05) is 25.5 Å². The number of hydrogen-bond donors (Lipinski definition) is 1. The van der Waals surface area contributed by atoms with E-state index in [9.17, 15) is 8.42 Å². The third kappa shape index (κ3) is 5.07. The first-order valence-electron chi connectivity index (χ1n) is 9.14. The maximum absolute atomic E-state index is 12.7. The molecule has 0 aliphatic carbocycles. The number of benzene rings is 2. The van der Waals surface area contributed by atoms with E-state index in [0.717, 1.165) is 24.1 Å². The molecule has 0 saturated carbocycles. The van der Waals surface area contributed by atoms with E-state index in [0.29, 0.717) is 23.9 Å². The van der Waals surface area contributed by atoms with Crippen LogP contribution in [0.5, 0.6) is 5.75 Å². The van der Waals surface area contributed by atoms with Gasteiger partial charge in [0.05, 0.1) is 17.2 Å². The molecular weight excluding hydrogens is 374 g/mol. The molecule has 7 heteroatoms. The van der Waals surface area contributed by atoms with Gasteiger partial charge < -0.3 is 4.74 Å². The highest BCUT2D eigenvalue weighted by Crippen LogP contribution is 2.24. The number of nitrogens with one attached hydrogen (secondary N) is 1. The summed E-state index contributed by atoms with van der Waals surface area (Å²) in [5.74, 6) is 1.32. The fourth-order valence-corrected chi connectivity index (χ4v) is 3.67. The minimum absolute atomic E-state index is 0.179. The van der Waals surface area contributed by atoms with Gasteiger partial charge in [0.2, 0.25) is 0 Å². The predicted octanol–water partition coefficient (Wildman–Crippen LogP) is 4.43. The largest absolute Gasteiger partial charge is 0.494 e. The predicted molar refractivity (Wildman–Crippen MR) is 110 cm³/mol. The standard InChI is InChI=1S/C21H23N3O3S/c1-3-4-14-27-19-8-10-20(11-9-19)28(25,26)24-18-7-5-6-17(15-18)21-12-13-22-16(2)23-21/h5-13,15,24H,3-4,14H2,1-2H3. The lowest BCUT2D eigenvalue weighted by atomic mass is 10.1. The second-order valence-corrected chi connectivity index (χ2v) is 8.03. The SMILES string of the molecule is CCCCOc1ccc(S(=O)(=O)Nc2cccc(-c3ccnc(C)n3)c2)cc1. The monoisotopic (exact) mass is 397 g/mol. The topological polar surface area (TPSA) is 81.2 Å². The van der Waals surface area contributed by atoms with E-state index in [1.165, 1.54) is 0 Å². The van der Waals surface area contributed by atoms with Crippen molar-refractivity contribution in [1.29, 1.82) is 0 Å². The van der Waals surface area contributed by atoms with Crippen LogP contribution in [-0.2, 0) is 10.0 Å². The third-order valence-corrected chi connectivity index (χ3v) is 5.48. The Kier molecular flexibility index (Phi) is 6.26. The maximum Gasteiger partial charge on any atom is 0.261 e. The Bertz CT molecular complexity index is 1030. The fraction of sp³-hybridized carbons (Fsp3) is 0.238. The fourth-order valence-electron chi connectivity index (χ4n) is 2.62. The smallest absolute Gasteiger partial charge is 0.261 e. The van der Waals surface area contributed by atoms with E-state index in [2.05, 4.69) is 21.6 Å². The molecule has 0 spiro atoms. The second kappa shape index (κ2) is 8.84. The molecule has 0 aliphatic heterocycles. The molecule has 28 heavy (non-hydrogen) atoms. The first kappa shape index (κ1) is 19.8. The highest BCUT2D eigenvalue weighted by atomic mass is 32.2. The zero-order valence-electron chi connectivity index (χ0n) is 15.9. The summed E-state index contributed by atoms with van der Waals surface area (Å²) in [5.41, 5.74) is 2.02. The van der Waals surface area contributed by atoms with E-state index in [1.54, 1.807) is 54.7 Å². The van der Waals surface area contributed by atoms with Crippen molar-refractivity contribution in [3.63, 3.8) is 0 Å². The molecule has 0 amide bonds. The third-order valence-electron chi connectivity index (χ3n) is 4.09. The molecule has 0 fully saturated rings. The number of anilines is 1. The number of rotatable bonds is 8. The van der Waals surface area contributed by atoms with Gasteiger partial charge in [-0.15, -0.1) is 0 Å². The van der Waals surface area contributed by atoms with Crippen molar-refractivity contribution >= 4 is 15.7 Å². The van der Waals surface area contributed by atoms with Crippen molar-refractivity contribution in [2.24, 2.45) is 0 Å². The molecule has 0 unspecified atom stereocenters. The van der Waals surface area contributed by atoms with Crippen LogP contribution in [0.2, 0.25) is 0 Å². The molecule has 1 heterocycles. The summed E-state index contributed by atoms with van der Waals surface area (Å²) in [7, 11) is -3.70. The molecule has 6 nitrogen and oxygen atoms in total. The number of hydrogen-bond acceptors (Lipinski definition) is 5. The molecule has 146 valence electrons. The molecule has 0 aliphatic rings. The molecule has 0 radical (unpaired) electrons. The lowest BCUT2D eigenvalue weighted by Gasteiger charge is -2.11. The normalized spacial score (nSPS) is 11.2. The van der Waals surface area contributed by atoms with Crippen LogP contribution in [0.15, 0.2) is 65.7 Å². The van der Waals surface area contributed by atoms with E-state index < -0.39 is 10.0 Å². The van der Waals surface area contributed by atoms with Crippen molar-refractivity contribution in [3.8, 4) is 17.0 Å². The van der Waals surface area contributed by atoms with Crippen molar-refractivity contribution in [2.45, 2.75) is 31.6 Å². The molecule has 1 aromatic heterocycles. The Morgan fingerprint density at radius 3 is 2.57 bits per heavy atom. The van der Waals surface area contributed by atoms with E-state index in [1.807, 2.05) is 13.0 Å². The number of nitrogens with zero attached hydrogens (tertiary/aromatic N) is 2. The summed E-state index contributed by atoms with van der Waals surface area (Å²) >= 11 is 0. The Hall–Kier alpha value is -2.93. The summed E-state index contributed by atoms with van der Waals surface area (Å²) in [6, 6.07) is 15.3. The Morgan fingerprint density at radius 1 is 1.07 bits per heavy atom. The van der Waals surface area contributed by atoms with Crippen molar-refractivity contribution in [1.82, 2.24) is 9.97 Å². The van der Waals surface area contributed by atoms with Crippen molar-refractivity contribution in [2.75, 3.05) is 11.3 Å². The average Bonchev–Trinajstić information content (AvgIpc) is 2.68. The van der Waals surface area contributed by atoms with Crippen LogP contribution in [-0.4, -0.2) is 25.0 Å². The van der Waals surface area contributed by atoms with Crippen LogP contribution in [0.4, 0.5) is 5.69 Å². The average molecular weight is 398 g/mol. The van der Waals surface area contributed by atoms with Crippen molar-refractivity contribution < 1.29 is 13.2 Å². The molecule has 0 bridgehead atoms. The minimum Gasteiger partial charge on any atom is -0.494 e. The van der Waals surface area contributed by atoms with Gasteiger partial charge in [-0.2, -0.15) is 0 Å². The Labute approximate surface area is 165 Å². The minimum atomic E-state index is -3.70. The van der Waals surface area contributed by atoms with Crippen LogP contribution < -0.4 is 9.46 Å². The molecular formula is C21H23N3O3S. The zero-order valence-corrected chi connectivity index (χ0v) is 16.7. The van der Waals surface area contributed by atoms with Gasteiger partial charge in [0.1, 0.15) is 11.6 Å². The summed E-state index contributed by atoms with van der Waals surface area (Å²) in [6.07, 6.45) is 3.69. The second-order valence-electron chi connectivity index (χ2n) is 6.35. The van der Waals surface area contributed by atoms with Gasteiger partial charge in [0, 0.05) is 17.4 Å². The molecule has 2 aromatic carbocycles. The van der Waals surface area contributed by atoms with Gasteiger partial charge in [0.25, 0.3) is 10.0 Å². The summed E-state index contributed by atoms with van der Waals surface area (Å²) in [6.45, 7) is 4.52. The maximum atomic E-state index is 12.7. The van der Waals surface area contributed by atoms with Gasteiger partial charge >= 0.3 is 0 Å². The number of sulfonamides is 1. The van der Waals surface area contributed by atoms with Gasteiger partial charge in [0.15, 0.2) is 0 Å². The molecule has 1 N–H and O–H groups in total. The molecule has 0 saturated heterocycles. The Morgan fingerprint density at radius 2 is 1.86 bits per heavy atom. The highest BCUT2D eigenvalue weighted by Gasteiger charge is 2.15. The van der Waals surface area contributed by atoms with E-state index in [-0.39, 0.29) is 4.90 Å². The lowest BCUT2D eigenvalue weighted by Crippen LogP contribution is -2.13. The Balaban J connectivity index is 1.76. The van der Waals surface area contributed by atoms with Crippen LogP contribution in [0, 0.1) is 6.92 Å². The number of unbranched alkanes of at least 4 members (excludes halogenated alkanes) is 1. The quantitative estimate of drug-likeness (QED) is 0.569. The molecule has 3 aromatic rings. The lowest BCUT2D eigenvalue weighted by molar-refractivity contribution is 0.309. The molecule has 0 atom stereocenters. The summed E-state index contributed by atoms with van der Waals surface area (Å²) in [4.78, 5) is 8.64. The van der Waals surface area contributed by atoms with Gasteiger partial charge in [-0.3, -0.25) is 4.72 Å². The summed E-state index contributed by atoms with van der Waals surface area (Å²) in [5, 5.41) is 0. The van der Waals surface area contributed by atoms with Crippen LogP contribution in [0.3, 0.4) is 0 Å². The van der Waals surface area contributed by atoms with Crippen molar-refractivity contribution in [3.05, 3.63) is 66.6 Å². The number of ether oxygens (including phenoxy) is 1. The number of aryl methyl sites for hydroxylation is 1. The first-order chi connectivity index (χ1) is 13.5. The van der Waals surface area contributed by atoms with E-state index in [4.69, 9.17) is 4.74 Å². The first-order valence-corrected chi connectivity index (χ1v) is 10.6. The number of aromatic nitrogens is 2. The zero-order chi connectivity index (χ0) is 20.0. The van der Waals surface area contributed by atoms with Crippen LogP contribution in [0.1, 0.15) is 25.6 Å². The van der Waals surface area contributed by atoms with Gasteiger partial charge in [-0.25, -0.2) is 18.4 Å². The van der Waals surface area contributed by atoms with Crippen LogP contribution >= 0.6 is 0 Å². The highest BCUT2D eigenvalue weighted by molar-refractivity contribution is 7.92. The summed E-state index contributed by atoms with van der Waals surface area (Å²) < 4.78 is 33.6. The van der Waals surface area contributed by atoms with Gasteiger partial charge in [-0.05, 0) is 55.8 Å².